The zero-order valence-electron chi connectivity index (χ0n) is 52.4. The Kier molecular flexibility index (Phi) is 58.8. The molecule has 0 rings (SSSR count). The number of rotatable bonds is 64. The summed E-state index contributed by atoms with van der Waals surface area (Å²) in [5.74, 6) is -0.199. The predicted octanol–water partition coefficient (Wildman–Crippen LogP) is 20.9. The third kappa shape index (κ3) is 62.4. The maximum Gasteiger partial charge on any atom is 0.268 e. The molecule has 0 aromatic heterocycles. The molecule has 0 aliphatic rings. The topological polar surface area (TPSA) is 108 Å². The summed E-state index contributed by atoms with van der Waals surface area (Å²) in [6, 6.07) is -0.901. The van der Waals surface area contributed by atoms with E-state index >= 15 is 0 Å². The van der Waals surface area contributed by atoms with Crippen LogP contribution in [0.3, 0.4) is 0 Å². The average Bonchev–Trinajstić information content (AvgIpc) is 3.39. The summed E-state index contributed by atoms with van der Waals surface area (Å²) >= 11 is 0. The standard InChI is InChI=1S/C68H135N2O6P/c1-6-8-10-12-14-16-18-20-22-24-26-28-30-32-34-35-36-37-39-41-43-45-47-49-51-53-55-57-59-61-67(71)66(65-76-77(73,74)75-64-63-70(3,4)5)69-68(72)62-60-58-56-54-52-50-48-46-44-42-40-38-33-31-29-27-25-23-21-19-17-15-13-11-9-7-2/h51,53,59,61,66-67,71H,6-50,52,54-58,60,62-65H2,1-5H3,(H-,69,72,73,74)/b53-51+,61-59+. The van der Waals surface area contributed by atoms with Crippen molar-refractivity contribution >= 4 is 13.7 Å². The molecular weight excluding hydrogens is 972 g/mol. The van der Waals surface area contributed by atoms with Gasteiger partial charge in [0.05, 0.1) is 39.9 Å². The van der Waals surface area contributed by atoms with Crippen molar-refractivity contribution in [3.63, 3.8) is 0 Å². The first-order valence-electron chi connectivity index (χ1n) is 34.2. The number of hydrogen-bond acceptors (Lipinski definition) is 6. The Bertz CT molecular complexity index is 1300. The molecule has 0 aromatic carbocycles. The highest BCUT2D eigenvalue weighted by molar-refractivity contribution is 7.45. The molecule has 0 heterocycles. The number of likely N-dealkylation sites (N-methyl/N-ethyl adjacent to an activating group) is 1. The van der Waals surface area contributed by atoms with Gasteiger partial charge in [0.2, 0.25) is 5.91 Å². The fourth-order valence-corrected chi connectivity index (χ4v) is 11.3. The first-order valence-corrected chi connectivity index (χ1v) is 35.7. The zero-order chi connectivity index (χ0) is 56.3. The fourth-order valence-electron chi connectivity index (χ4n) is 10.6. The van der Waals surface area contributed by atoms with Crippen molar-refractivity contribution in [3.05, 3.63) is 24.3 Å². The molecule has 2 N–H and O–H groups in total. The van der Waals surface area contributed by atoms with E-state index in [0.717, 1.165) is 38.5 Å². The van der Waals surface area contributed by atoms with E-state index in [2.05, 4.69) is 31.3 Å². The monoisotopic (exact) mass is 1110 g/mol. The lowest BCUT2D eigenvalue weighted by atomic mass is 10.0. The van der Waals surface area contributed by atoms with Crippen LogP contribution >= 0.6 is 7.82 Å². The van der Waals surface area contributed by atoms with E-state index in [1.54, 1.807) is 6.08 Å². The van der Waals surface area contributed by atoms with Crippen molar-refractivity contribution in [2.24, 2.45) is 0 Å². The van der Waals surface area contributed by atoms with Gasteiger partial charge in [0.15, 0.2) is 0 Å². The first kappa shape index (κ1) is 76.0. The van der Waals surface area contributed by atoms with Gasteiger partial charge < -0.3 is 28.8 Å². The largest absolute Gasteiger partial charge is 0.756 e. The Morgan fingerprint density at radius 3 is 1.05 bits per heavy atom. The van der Waals surface area contributed by atoms with E-state index in [9.17, 15) is 19.4 Å². The minimum absolute atomic E-state index is 0.00343. The molecule has 8 nitrogen and oxygen atoms in total. The van der Waals surface area contributed by atoms with Crippen LogP contribution in [0.2, 0.25) is 0 Å². The molecule has 0 fully saturated rings. The van der Waals surface area contributed by atoms with Crippen molar-refractivity contribution in [2.75, 3.05) is 40.9 Å². The minimum Gasteiger partial charge on any atom is -0.756 e. The second-order valence-electron chi connectivity index (χ2n) is 24.9. The maximum atomic E-state index is 13.0. The smallest absolute Gasteiger partial charge is 0.268 e. The summed E-state index contributed by atoms with van der Waals surface area (Å²) in [4.78, 5) is 25.6. The van der Waals surface area contributed by atoms with E-state index < -0.39 is 20.0 Å². The van der Waals surface area contributed by atoms with Crippen LogP contribution < -0.4 is 10.2 Å². The normalized spacial score (nSPS) is 13.8. The third-order valence-electron chi connectivity index (χ3n) is 15.9. The number of amides is 1. The van der Waals surface area contributed by atoms with Crippen LogP contribution in [-0.2, 0) is 18.4 Å². The molecule has 0 bridgehead atoms. The number of nitrogens with zero attached hydrogens (tertiary/aromatic N) is 1. The lowest BCUT2D eigenvalue weighted by Crippen LogP contribution is -2.45. The Morgan fingerprint density at radius 1 is 0.442 bits per heavy atom. The van der Waals surface area contributed by atoms with Gasteiger partial charge >= 0.3 is 0 Å². The molecule has 3 unspecified atom stereocenters. The highest BCUT2D eigenvalue weighted by Gasteiger charge is 2.23. The lowest BCUT2D eigenvalue weighted by molar-refractivity contribution is -0.870. The summed E-state index contributed by atoms with van der Waals surface area (Å²) < 4.78 is 23.4. The average molecular weight is 1110 g/mol. The van der Waals surface area contributed by atoms with Crippen LogP contribution in [-0.4, -0.2) is 68.5 Å². The predicted molar refractivity (Wildman–Crippen MR) is 335 cm³/mol. The summed E-state index contributed by atoms with van der Waals surface area (Å²) in [5, 5.41) is 13.9. The third-order valence-corrected chi connectivity index (χ3v) is 16.9. The molecule has 77 heavy (non-hydrogen) atoms. The number of carbonyl (C=O) groups is 1. The Labute approximate surface area is 481 Å². The SMILES string of the molecule is CCCCCCCCCCCCCCCCCCCCCCCCC/C=C/CC/C=C/C(O)C(COP(=O)([O-])OCC[N+](C)(C)C)NC(=O)CCCCCCCCCCCCCCCCCCCCCCCCCCCC. The van der Waals surface area contributed by atoms with Gasteiger partial charge in [0.1, 0.15) is 13.2 Å². The Morgan fingerprint density at radius 2 is 0.727 bits per heavy atom. The van der Waals surface area contributed by atoms with Crippen molar-refractivity contribution in [3.8, 4) is 0 Å². The van der Waals surface area contributed by atoms with E-state index in [4.69, 9.17) is 9.05 Å². The molecular formula is C68H135N2O6P. The van der Waals surface area contributed by atoms with Crippen LogP contribution in [0.15, 0.2) is 24.3 Å². The van der Waals surface area contributed by atoms with Gasteiger partial charge in [-0.2, -0.15) is 0 Å². The van der Waals surface area contributed by atoms with Crippen LogP contribution in [0.5, 0.6) is 0 Å². The van der Waals surface area contributed by atoms with E-state index in [0.29, 0.717) is 17.4 Å². The minimum atomic E-state index is -4.61. The Hall–Kier alpha value is -1.02. The number of hydrogen-bond donors (Lipinski definition) is 2. The van der Waals surface area contributed by atoms with Gasteiger partial charge in [-0.3, -0.25) is 9.36 Å². The second kappa shape index (κ2) is 59.6. The van der Waals surface area contributed by atoms with Crippen molar-refractivity contribution in [1.82, 2.24) is 5.32 Å². The number of unbranched alkanes of at least 4 members (excludes halogenated alkanes) is 49. The van der Waals surface area contributed by atoms with Gasteiger partial charge in [-0.15, -0.1) is 0 Å². The van der Waals surface area contributed by atoms with Gasteiger partial charge in [0, 0.05) is 6.42 Å². The number of aliphatic hydroxyl groups excluding tert-OH is 1. The van der Waals surface area contributed by atoms with Crippen LogP contribution in [0.4, 0.5) is 0 Å². The number of phosphoric ester groups is 1. The molecule has 0 aliphatic carbocycles. The Balaban J connectivity index is 4.09. The molecule has 0 saturated carbocycles. The van der Waals surface area contributed by atoms with Crippen molar-refractivity contribution < 1.29 is 32.9 Å². The maximum absolute atomic E-state index is 13.0. The molecule has 9 heteroatoms. The molecule has 0 aromatic rings. The fraction of sp³-hybridized carbons (Fsp3) is 0.926. The van der Waals surface area contributed by atoms with E-state index in [-0.39, 0.29) is 19.1 Å². The van der Waals surface area contributed by atoms with Crippen LogP contribution in [0.1, 0.15) is 354 Å². The van der Waals surface area contributed by atoms with Crippen molar-refractivity contribution in [2.45, 2.75) is 366 Å². The number of allylic oxidation sites excluding steroid dienone is 3. The quantitative estimate of drug-likeness (QED) is 0.0272. The number of phosphoric acid groups is 1. The van der Waals surface area contributed by atoms with Crippen molar-refractivity contribution in [1.29, 1.82) is 0 Å². The number of aliphatic hydroxyl groups is 1. The highest BCUT2D eigenvalue weighted by Crippen LogP contribution is 2.38. The molecule has 0 saturated heterocycles. The molecule has 0 aliphatic heterocycles. The summed E-state index contributed by atoms with van der Waals surface area (Å²) in [6.07, 6.45) is 77.3. The number of carbonyl (C=O) groups excluding carboxylic acids is 1. The lowest BCUT2D eigenvalue weighted by Gasteiger charge is -2.29. The second-order valence-corrected chi connectivity index (χ2v) is 26.3. The summed E-state index contributed by atoms with van der Waals surface area (Å²) in [7, 11) is 1.26. The van der Waals surface area contributed by atoms with Crippen LogP contribution in [0.25, 0.3) is 0 Å². The zero-order valence-corrected chi connectivity index (χ0v) is 53.3. The summed E-state index contributed by atoms with van der Waals surface area (Å²) in [6.45, 7) is 4.69. The number of quaternary nitrogens is 1. The summed E-state index contributed by atoms with van der Waals surface area (Å²) in [5.41, 5.74) is 0. The number of nitrogens with one attached hydrogen (secondary N) is 1. The van der Waals surface area contributed by atoms with Gasteiger partial charge in [0.25, 0.3) is 7.82 Å². The first-order chi connectivity index (χ1) is 37.5. The molecule has 1 amide bonds. The van der Waals surface area contributed by atoms with E-state index in [1.165, 1.54) is 295 Å². The molecule has 0 spiro atoms. The van der Waals surface area contributed by atoms with Gasteiger partial charge in [-0.05, 0) is 32.1 Å². The van der Waals surface area contributed by atoms with Crippen LogP contribution in [0, 0.1) is 0 Å². The van der Waals surface area contributed by atoms with E-state index in [1.807, 2.05) is 27.2 Å². The molecule has 3 atom stereocenters. The highest BCUT2D eigenvalue weighted by atomic mass is 31.2. The molecule has 458 valence electrons. The molecule has 0 radical (unpaired) electrons. The van der Waals surface area contributed by atoms with Gasteiger partial charge in [-0.25, -0.2) is 0 Å². The van der Waals surface area contributed by atoms with Gasteiger partial charge in [-0.1, -0.05) is 340 Å².